The molecule has 0 aliphatic carbocycles. The fraction of sp³-hybridized carbons (Fsp3) is 0. The molecule has 0 aliphatic heterocycles. The zero-order valence-electron chi connectivity index (χ0n) is 26.4. The van der Waals surface area contributed by atoms with Crippen LogP contribution in [0.3, 0.4) is 0 Å². The van der Waals surface area contributed by atoms with E-state index in [1.54, 1.807) is 0 Å². The van der Waals surface area contributed by atoms with E-state index in [-0.39, 0.29) is 0 Å². The number of rotatable bonds is 6. The molecule has 0 spiro atoms. The first-order chi connectivity index (χ1) is 23.8. The van der Waals surface area contributed by atoms with Crippen molar-refractivity contribution in [3.05, 3.63) is 194 Å². The van der Waals surface area contributed by atoms with E-state index in [0.717, 1.165) is 22.7 Å². The number of aromatic nitrogens is 1. The Morgan fingerprint density at radius 2 is 0.750 bits per heavy atom. The number of para-hydroxylation sites is 2. The van der Waals surface area contributed by atoms with Crippen molar-refractivity contribution in [2.75, 3.05) is 4.90 Å². The van der Waals surface area contributed by atoms with Gasteiger partial charge in [0.05, 0.1) is 11.0 Å². The summed E-state index contributed by atoms with van der Waals surface area (Å²) >= 11 is 0. The molecular formula is C46H32N2. The molecule has 2 nitrogen and oxygen atoms in total. The number of fused-ring (bicyclic) bond motifs is 4. The molecule has 226 valence electrons. The zero-order chi connectivity index (χ0) is 31.9. The number of nitrogens with zero attached hydrogens (tertiary/aromatic N) is 2. The quantitative estimate of drug-likeness (QED) is 0.181. The fourth-order valence-electron chi connectivity index (χ4n) is 7.01. The van der Waals surface area contributed by atoms with Crippen molar-refractivity contribution < 1.29 is 0 Å². The Balaban J connectivity index is 1.15. The lowest BCUT2D eigenvalue weighted by atomic mass is 10.0. The fourth-order valence-corrected chi connectivity index (χ4v) is 7.01. The minimum Gasteiger partial charge on any atom is -0.310 e. The maximum absolute atomic E-state index is 2.37. The Morgan fingerprint density at radius 3 is 1.38 bits per heavy atom. The third-order valence-corrected chi connectivity index (χ3v) is 9.37. The summed E-state index contributed by atoms with van der Waals surface area (Å²) < 4.78 is 2.37. The lowest BCUT2D eigenvalue weighted by molar-refractivity contribution is 1.17. The zero-order valence-corrected chi connectivity index (χ0v) is 26.4. The maximum atomic E-state index is 2.37. The van der Waals surface area contributed by atoms with E-state index in [4.69, 9.17) is 0 Å². The van der Waals surface area contributed by atoms with Gasteiger partial charge in [-0.05, 0) is 99.8 Å². The van der Waals surface area contributed by atoms with Gasteiger partial charge in [-0.15, -0.1) is 0 Å². The highest BCUT2D eigenvalue weighted by Crippen LogP contribution is 2.39. The van der Waals surface area contributed by atoms with Crippen molar-refractivity contribution in [2.24, 2.45) is 0 Å². The van der Waals surface area contributed by atoms with Crippen molar-refractivity contribution in [1.29, 1.82) is 0 Å². The largest absolute Gasteiger partial charge is 0.310 e. The Hall–Kier alpha value is -6.38. The molecule has 0 bridgehead atoms. The molecule has 0 fully saturated rings. The molecule has 0 aliphatic rings. The second-order valence-corrected chi connectivity index (χ2v) is 12.2. The molecule has 0 N–H and O–H groups in total. The summed E-state index contributed by atoms with van der Waals surface area (Å²) in [6.45, 7) is 0. The lowest BCUT2D eigenvalue weighted by Gasteiger charge is -2.26. The third kappa shape index (κ3) is 4.92. The highest BCUT2D eigenvalue weighted by atomic mass is 15.1. The molecule has 0 radical (unpaired) electrons. The van der Waals surface area contributed by atoms with Crippen LogP contribution in [0.2, 0.25) is 0 Å². The van der Waals surface area contributed by atoms with E-state index in [1.165, 1.54) is 54.8 Å². The SMILES string of the molecule is c1ccc(-c2ccc(N(c3ccc(-n4c5ccccc5c5ccccc54)cc3)c3ccc4cc(-c5ccccc5)ccc4c3)cc2)cc1. The van der Waals surface area contributed by atoms with Crippen molar-refractivity contribution in [1.82, 2.24) is 4.57 Å². The molecule has 8 aromatic carbocycles. The first kappa shape index (κ1) is 27.9. The lowest BCUT2D eigenvalue weighted by Crippen LogP contribution is -2.10. The summed E-state index contributed by atoms with van der Waals surface area (Å²) in [6.07, 6.45) is 0. The standard InChI is InChI=1S/C46H32N2/c1-3-11-33(12-4-1)35-21-24-39(25-22-35)47(42-26-23-37-31-36(19-20-38(37)32-42)34-13-5-2-6-14-34)40-27-29-41(30-28-40)48-45-17-9-7-15-43(45)44-16-8-10-18-46(44)48/h1-32H. The Labute approximate surface area is 280 Å². The van der Waals surface area contributed by atoms with Crippen LogP contribution in [0.1, 0.15) is 0 Å². The van der Waals surface area contributed by atoms with E-state index >= 15 is 0 Å². The van der Waals surface area contributed by atoms with E-state index < -0.39 is 0 Å². The molecule has 1 aromatic heterocycles. The van der Waals surface area contributed by atoms with Crippen molar-refractivity contribution >= 4 is 49.6 Å². The van der Waals surface area contributed by atoms with Gasteiger partial charge in [-0.2, -0.15) is 0 Å². The molecule has 0 unspecified atom stereocenters. The highest BCUT2D eigenvalue weighted by molar-refractivity contribution is 6.09. The van der Waals surface area contributed by atoms with Gasteiger partial charge in [0.2, 0.25) is 0 Å². The Morgan fingerprint density at radius 1 is 0.312 bits per heavy atom. The second kappa shape index (κ2) is 11.8. The van der Waals surface area contributed by atoms with Crippen LogP contribution in [0.5, 0.6) is 0 Å². The van der Waals surface area contributed by atoms with Crippen LogP contribution in [-0.2, 0) is 0 Å². The van der Waals surface area contributed by atoms with Gasteiger partial charge in [0.15, 0.2) is 0 Å². The average molecular weight is 613 g/mol. The van der Waals surface area contributed by atoms with Gasteiger partial charge in [-0.1, -0.05) is 127 Å². The number of hydrogen-bond donors (Lipinski definition) is 0. The van der Waals surface area contributed by atoms with E-state index in [2.05, 4.69) is 204 Å². The van der Waals surface area contributed by atoms with E-state index in [0.29, 0.717) is 0 Å². The number of anilines is 3. The average Bonchev–Trinajstić information content (AvgIpc) is 3.50. The van der Waals surface area contributed by atoms with Crippen LogP contribution < -0.4 is 4.90 Å². The van der Waals surface area contributed by atoms with Gasteiger partial charge in [0.1, 0.15) is 0 Å². The monoisotopic (exact) mass is 612 g/mol. The van der Waals surface area contributed by atoms with Gasteiger partial charge in [0, 0.05) is 33.5 Å². The first-order valence-electron chi connectivity index (χ1n) is 16.4. The Bertz CT molecular complexity index is 2480. The minimum absolute atomic E-state index is 1.10. The van der Waals surface area contributed by atoms with Crippen LogP contribution in [0.4, 0.5) is 17.1 Å². The van der Waals surface area contributed by atoms with Gasteiger partial charge in [-0.3, -0.25) is 0 Å². The maximum Gasteiger partial charge on any atom is 0.0541 e. The summed E-state index contributed by atoms with van der Waals surface area (Å²) in [6, 6.07) is 69.9. The smallest absolute Gasteiger partial charge is 0.0541 e. The second-order valence-electron chi connectivity index (χ2n) is 12.2. The topological polar surface area (TPSA) is 8.17 Å². The van der Waals surface area contributed by atoms with E-state index in [1.807, 2.05) is 0 Å². The van der Waals surface area contributed by atoms with Crippen molar-refractivity contribution in [3.8, 4) is 27.9 Å². The van der Waals surface area contributed by atoms with Crippen molar-refractivity contribution in [3.63, 3.8) is 0 Å². The summed E-state index contributed by atoms with van der Waals surface area (Å²) in [5, 5.41) is 4.97. The van der Waals surface area contributed by atoms with E-state index in [9.17, 15) is 0 Å². The van der Waals surface area contributed by atoms with Gasteiger partial charge in [-0.25, -0.2) is 0 Å². The van der Waals surface area contributed by atoms with Gasteiger partial charge >= 0.3 is 0 Å². The van der Waals surface area contributed by atoms with Crippen molar-refractivity contribution in [2.45, 2.75) is 0 Å². The molecule has 0 saturated heterocycles. The van der Waals surface area contributed by atoms with Crippen LogP contribution in [0.25, 0.3) is 60.5 Å². The summed E-state index contributed by atoms with van der Waals surface area (Å²) in [5.74, 6) is 0. The third-order valence-electron chi connectivity index (χ3n) is 9.37. The van der Waals surface area contributed by atoms with Crippen LogP contribution in [0, 0.1) is 0 Å². The van der Waals surface area contributed by atoms with Gasteiger partial charge in [0.25, 0.3) is 0 Å². The summed E-state index contributed by atoms with van der Waals surface area (Å²) in [4.78, 5) is 2.36. The molecule has 0 saturated carbocycles. The molecule has 48 heavy (non-hydrogen) atoms. The predicted molar refractivity (Wildman–Crippen MR) is 204 cm³/mol. The normalized spacial score (nSPS) is 11.3. The van der Waals surface area contributed by atoms with Crippen LogP contribution >= 0.6 is 0 Å². The predicted octanol–water partition coefficient (Wildman–Crippen LogP) is 12.7. The first-order valence-corrected chi connectivity index (χ1v) is 16.4. The summed E-state index contributed by atoms with van der Waals surface area (Å²) in [5.41, 5.74) is 11.8. The molecule has 9 rings (SSSR count). The molecule has 9 aromatic rings. The molecule has 2 heteroatoms. The molecular weight excluding hydrogens is 581 g/mol. The van der Waals surface area contributed by atoms with Crippen LogP contribution in [-0.4, -0.2) is 4.57 Å². The molecule has 1 heterocycles. The number of benzene rings is 8. The summed E-state index contributed by atoms with van der Waals surface area (Å²) in [7, 11) is 0. The highest BCUT2D eigenvalue weighted by Gasteiger charge is 2.16. The molecule has 0 amide bonds. The van der Waals surface area contributed by atoms with Gasteiger partial charge < -0.3 is 9.47 Å². The Kier molecular flexibility index (Phi) is 6.84. The van der Waals surface area contributed by atoms with Crippen LogP contribution in [0.15, 0.2) is 194 Å². The minimum atomic E-state index is 1.10. The molecule has 0 atom stereocenters. The number of hydrogen-bond acceptors (Lipinski definition) is 1.